The summed E-state index contributed by atoms with van der Waals surface area (Å²) in [5, 5.41) is 2.65. The lowest BCUT2D eigenvalue weighted by Crippen LogP contribution is -2.38. The molecule has 0 bridgehead atoms. The second-order valence-electron chi connectivity index (χ2n) is 5.92. The molecule has 2 aromatic rings. The maximum Gasteiger partial charge on any atom is 0.344 e. The van der Waals surface area contributed by atoms with Crippen molar-refractivity contribution in [3.63, 3.8) is 0 Å². The van der Waals surface area contributed by atoms with E-state index in [1.54, 1.807) is 50.2 Å². The number of aromatic nitrogens is 1. The Morgan fingerprint density at radius 2 is 1.79 bits per heavy atom. The zero-order chi connectivity index (χ0) is 20.5. The maximum absolute atomic E-state index is 12.5. The van der Waals surface area contributed by atoms with Crippen LogP contribution in [0, 0.1) is 0 Å². The normalized spacial score (nSPS) is 11.4. The van der Waals surface area contributed by atoms with Gasteiger partial charge < -0.3 is 20.5 Å². The number of nitrogens with one attached hydrogen (secondary N) is 1. The molecule has 0 fully saturated rings. The average Bonchev–Trinajstić information content (AvgIpc) is 2.72. The Labute approximate surface area is 163 Å². The van der Waals surface area contributed by atoms with Crippen LogP contribution in [-0.4, -0.2) is 41.9 Å². The largest absolute Gasteiger partial charge is 0.482 e. The Bertz CT molecular complexity index is 819. The molecule has 0 saturated heterocycles. The third-order valence-electron chi connectivity index (χ3n) is 3.84. The zero-order valence-corrected chi connectivity index (χ0v) is 15.8. The van der Waals surface area contributed by atoms with Crippen LogP contribution in [0.4, 0.5) is 0 Å². The summed E-state index contributed by atoms with van der Waals surface area (Å²) in [6.45, 7) is 3.68. The number of amides is 1. The van der Waals surface area contributed by atoms with Gasteiger partial charge in [-0.1, -0.05) is 0 Å². The number of pyridine rings is 1. The Balaban J connectivity index is 1.92. The van der Waals surface area contributed by atoms with E-state index in [0.29, 0.717) is 22.6 Å². The molecule has 1 aromatic carbocycles. The van der Waals surface area contributed by atoms with E-state index in [2.05, 4.69) is 10.3 Å². The number of hydrogen-bond acceptors (Lipinski definition) is 7. The maximum atomic E-state index is 12.5. The van der Waals surface area contributed by atoms with E-state index in [9.17, 15) is 14.4 Å². The molecule has 8 heteroatoms. The minimum Gasteiger partial charge on any atom is -0.482 e. The van der Waals surface area contributed by atoms with Crippen molar-refractivity contribution in [2.45, 2.75) is 26.4 Å². The highest BCUT2D eigenvalue weighted by Crippen LogP contribution is 2.14. The van der Waals surface area contributed by atoms with E-state index >= 15 is 0 Å². The van der Waals surface area contributed by atoms with Gasteiger partial charge in [0.25, 0.3) is 5.91 Å². The third-order valence-corrected chi connectivity index (χ3v) is 3.84. The fourth-order valence-corrected chi connectivity index (χ4v) is 2.34. The summed E-state index contributed by atoms with van der Waals surface area (Å²) >= 11 is 0. The van der Waals surface area contributed by atoms with Crippen molar-refractivity contribution < 1.29 is 23.9 Å². The van der Waals surface area contributed by atoms with E-state index in [1.807, 2.05) is 0 Å². The van der Waals surface area contributed by atoms with Gasteiger partial charge in [0.1, 0.15) is 5.75 Å². The van der Waals surface area contributed by atoms with Crippen LogP contribution in [0.3, 0.4) is 0 Å². The Morgan fingerprint density at radius 3 is 2.36 bits per heavy atom. The minimum atomic E-state index is -0.729. The second kappa shape index (κ2) is 10.2. The zero-order valence-electron chi connectivity index (χ0n) is 15.8. The van der Waals surface area contributed by atoms with Crippen LogP contribution in [0.25, 0.3) is 0 Å². The van der Waals surface area contributed by atoms with Crippen molar-refractivity contribution in [3.8, 4) is 5.75 Å². The van der Waals surface area contributed by atoms with Gasteiger partial charge in [0.15, 0.2) is 12.4 Å². The number of carbonyl (C=O) groups is 3. The Kier molecular flexibility index (Phi) is 7.65. The lowest BCUT2D eigenvalue weighted by molar-refractivity contribution is -0.145. The van der Waals surface area contributed by atoms with Crippen molar-refractivity contribution in [1.82, 2.24) is 10.3 Å². The fraction of sp³-hybridized carbons (Fsp3) is 0.300. The molecule has 0 aliphatic carbocycles. The topological polar surface area (TPSA) is 121 Å². The molecule has 0 saturated carbocycles. The van der Waals surface area contributed by atoms with Gasteiger partial charge in [-0.15, -0.1) is 0 Å². The number of carbonyl (C=O) groups excluding carboxylic acids is 3. The first-order valence-electron chi connectivity index (χ1n) is 8.83. The summed E-state index contributed by atoms with van der Waals surface area (Å²) in [6.07, 6.45) is 1.42. The molecule has 2 rings (SSSR count). The monoisotopic (exact) mass is 385 g/mol. The first-order valence-corrected chi connectivity index (χ1v) is 8.83. The van der Waals surface area contributed by atoms with Crippen molar-refractivity contribution >= 4 is 17.7 Å². The number of nitrogens with zero attached hydrogens (tertiary/aromatic N) is 1. The number of nitrogens with two attached hydrogens (primary N) is 1. The van der Waals surface area contributed by atoms with E-state index in [-0.39, 0.29) is 25.5 Å². The molecule has 1 atom stereocenters. The van der Waals surface area contributed by atoms with Gasteiger partial charge in [0.2, 0.25) is 0 Å². The van der Waals surface area contributed by atoms with E-state index in [1.165, 1.54) is 6.20 Å². The summed E-state index contributed by atoms with van der Waals surface area (Å²) in [7, 11) is 0. The van der Waals surface area contributed by atoms with Gasteiger partial charge in [0.05, 0.1) is 23.9 Å². The molecule has 3 N–H and O–H groups in total. The molecule has 1 heterocycles. The highest BCUT2D eigenvalue weighted by molar-refractivity contribution is 6.04. The number of esters is 1. The molecule has 8 nitrogen and oxygen atoms in total. The molecule has 0 aliphatic rings. The lowest BCUT2D eigenvalue weighted by Gasteiger charge is -2.13. The SMILES string of the molecule is CCOC(=O)COc1ccc(C(=O)[C@H](C)NC(=O)c2ccc(CN)nc2)cc1. The van der Waals surface area contributed by atoms with Crippen LogP contribution in [0.1, 0.15) is 40.3 Å². The highest BCUT2D eigenvalue weighted by Gasteiger charge is 2.18. The smallest absolute Gasteiger partial charge is 0.344 e. The second-order valence-corrected chi connectivity index (χ2v) is 5.92. The van der Waals surface area contributed by atoms with Crippen LogP contribution in [-0.2, 0) is 16.1 Å². The van der Waals surface area contributed by atoms with Gasteiger partial charge in [-0.05, 0) is 50.2 Å². The van der Waals surface area contributed by atoms with Crippen molar-refractivity contribution in [3.05, 3.63) is 59.4 Å². The van der Waals surface area contributed by atoms with E-state index in [4.69, 9.17) is 15.2 Å². The van der Waals surface area contributed by atoms with E-state index < -0.39 is 17.9 Å². The van der Waals surface area contributed by atoms with Crippen molar-refractivity contribution in [2.75, 3.05) is 13.2 Å². The lowest BCUT2D eigenvalue weighted by atomic mass is 10.0. The Morgan fingerprint density at radius 1 is 1.11 bits per heavy atom. The summed E-state index contributed by atoms with van der Waals surface area (Å²) in [6, 6.07) is 8.85. The molecule has 1 aromatic heterocycles. The number of Topliss-reactive ketones (excluding diaryl/α,β-unsaturated/α-hetero) is 1. The quantitative estimate of drug-likeness (QED) is 0.495. The first-order chi connectivity index (χ1) is 13.4. The average molecular weight is 385 g/mol. The van der Waals surface area contributed by atoms with Gasteiger partial charge in [-0.2, -0.15) is 0 Å². The number of rotatable bonds is 9. The molecule has 0 radical (unpaired) electrons. The molecular formula is C20H23N3O5. The van der Waals surface area contributed by atoms with Crippen LogP contribution < -0.4 is 15.8 Å². The molecule has 28 heavy (non-hydrogen) atoms. The van der Waals surface area contributed by atoms with Gasteiger partial charge in [-0.25, -0.2) is 4.79 Å². The number of ketones is 1. The van der Waals surface area contributed by atoms with Crippen molar-refractivity contribution in [2.24, 2.45) is 5.73 Å². The molecule has 0 unspecified atom stereocenters. The summed E-state index contributed by atoms with van der Waals surface area (Å²) in [5.74, 6) is -0.677. The van der Waals surface area contributed by atoms with Gasteiger partial charge in [-0.3, -0.25) is 14.6 Å². The summed E-state index contributed by atoms with van der Waals surface area (Å²) in [5.41, 5.74) is 6.91. The van der Waals surface area contributed by atoms with Crippen LogP contribution in [0.15, 0.2) is 42.6 Å². The predicted octanol–water partition coefficient (Wildman–Crippen LogP) is 1.48. The van der Waals surface area contributed by atoms with Gasteiger partial charge in [0, 0.05) is 18.3 Å². The molecular weight excluding hydrogens is 362 g/mol. The van der Waals surface area contributed by atoms with Gasteiger partial charge >= 0.3 is 5.97 Å². The Hall–Kier alpha value is -3.26. The first kappa shape index (κ1) is 21.0. The standard InChI is InChI=1S/C20H23N3O5/c1-3-27-18(24)12-28-17-8-5-14(6-9-17)19(25)13(2)23-20(26)15-4-7-16(10-21)22-11-15/h4-9,11,13H,3,10,12,21H2,1-2H3,(H,23,26)/t13-/m0/s1. The minimum absolute atomic E-state index is 0.204. The number of hydrogen-bond donors (Lipinski definition) is 2. The summed E-state index contributed by atoms with van der Waals surface area (Å²) < 4.78 is 10.1. The molecule has 0 aliphatic heterocycles. The van der Waals surface area contributed by atoms with Crippen molar-refractivity contribution in [1.29, 1.82) is 0 Å². The fourth-order valence-electron chi connectivity index (χ4n) is 2.34. The number of benzene rings is 1. The molecule has 148 valence electrons. The summed E-state index contributed by atoms with van der Waals surface area (Å²) in [4.78, 5) is 40.1. The highest BCUT2D eigenvalue weighted by atomic mass is 16.6. The van der Waals surface area contributed by atoms with Crippen LogP contribution in [0.2, 0.25) is 0 Å². The predicted molar refractivity (Wildman–Crippen MR) is 102 cm³/mol. The van der Waals surface area contributed by atoms with Crippen LogP contribution >= 0.6 is 0 Å². The molecule has 1 amide bonds. The number of ether oxygens (including phenoxy) is 2. The van der Waals surface area contributed by atoms with E-state index in [0.717, 1.165) is 0 Å². The molecule has 0 spiro atoms. The third kappa shape index (κ3) is 5.88. The van der Waals surface area contributed by atoms with Crippen LogP contribution in [0.5, 0.6) is 5.75 Å².